The van der Waals surface area contributed by atoms with Crippen LogP contribution in [0.25, 0.3) is 21.9 Å². The van der Waals surface area contributed by atoms with Crippen LogP contribution in [0.1, 0.15) is 17.4 Å². The summed E-state index contributed by atoms with van der Waals surface area (Å²) in [5.74, 6) is 0.517. The van der Waals surface area contributed by atoms with Gasteiger partial charge in [0.2, 0.25) is 0 Å². The Morgan fingerprint density at radius 3 is 2.69 bits per heavy atom. The maximum absolute atomic E-state index is 14.2. The number of halogens is 1. The van der Waals surface area contributed by atoms with Crippen molar-refractivity contribution in [2.24, 2.45) is 0 Å². The molecule has 1 saturated heterocycles. The summed E-state index contributed by atoms with van der Waals surface area (Å²) in [5.41, 5.74) is 8.02. The average Bonchev–Trinajstić information content (AvgIpc) is 3.50. The molecule has 0 aliphatic carbocycles. The molecule has 0 spiro atoms. The Labute approximate surface area is 222 Å². The minimum Gasteiger partial charge on any atom is -0.488 e. The van der Waals surface area contributed by atoms with Crippen LogP contribution < -0.4 is 15.8 Å². The second-order valence-corrected chi connectivity index (χ2v) is 9.40. The molecular weight excluding hydrogens is 503 g/mol. The molecule has 3 heterocycles. The summed E-state index contributed by atoms with van der Waals surface area (Å²) in [6.07, 6.45) is -1.20. The minimum absolute atomic E-state index is 0.0866. The van der Waals surface area contributed by atoms with E-state index >= 15 is 0 Å². The number of imidazole rings is 1. The van der Waals surface area contributed by atoms with Gasteiger partial charge in [0, 0.05) is 24.2 Å². The molecule has 0 bridgehead atoms. The van der Waals surface area contributed by atoms with Crippen LogP contribution in [0, 0.1) is 5.82 Å². The fourth-order valence-corrected chi connectivity index (χ4v) is 4.93. The number of nitrogens with zero attached hydrogens (tertiary/aromatic N) is 4. The fraction of sp³-hybridized carbons (Fsp3) is 0.250. The molecule has 1 aliphatic heterocycles. The number of fused-ring (bicyclic) bond motifs is 2. The predicted molar refractivity (Wildman–Crippen MR) is 142 cm³/mol. The van der Waals surface area contributed by atoms with Gasteiger partial charge in [0.05, 0.1) is 6.33 Å². The van der Waals surface area contributed by atoms with Gasteiger partial charge in [-0.25, -0.2) is 19.3 Å². The molecule has 0 radical (unpaired) electrons. The second-order valence-electron chi connectivity index (χ2n) is 9.40. The minimum atomic E-state index is -1.21. The molecular formula is C28H27FN6O4. The average molecular weight is 531 g/mol. The van der Waals surface area contributed by atoms with Crippen LogP contribution >= 0.6 is 0 Å². The van der Waals surface area contributed by atoms with Crippen LogP contribution in [0.5, 0.6) is 5.75 Å². The number of anilines is 1. The Balaban J connectivity index is 1.18. The van der Waals surface area contributed by atoms with Crippen LogP contribution in [0.4, 0.5) is 10.2 Å². The maximum Gasteiger partial charge on any atom is 0.167 e. The first kappa shape index (κ1) is 25.1. The normalized spacial score (nSPS) is 21.1. The highest BCUT2D eigenvalue weighted by Gasteiger charge is 2.44. The van der Waals surface area contributed by atoms with E-state index in [4.69, 9.17) is 15.2 Å². The number of nitrogen functional groups attached to an aromatic ring is 1. The first-order chi connectivity index (χ1) is 19.0. The molecule has 6 rings (SSSR count). The van der Waals surface area contributed by atoms with E-state index in [1.165, 1.54) is 18.7 Å². The maximum atomic E-state index is 14.2. The van der Waals surface area contributed by atoms with E-state index in [0.29, 0.717) is 29.0 Å². The number of nitrogens with one attached hydrogen (secondary N) is 1. The van der Waals surface area contributed by atoms with Gasteiger partial charge in [-0.3, -0.25) is 4.57 Å². The molecule has 0 amide bonds. The summed E-state index contributed by atoms with van der Waals surface area (Å²) in [6, 6.07) is 18.3. The van der Waals surface area contributed by atoms with Crippen molar-refractivity contribution >= 4 is 27.8 Å². The summed E-state index contributed by atoms with van der Waals surface area (Å²) in [7, 11) is 0. The number of aliphatic hydroxyl groups excluding tert-OH is 2. The van der Waals surface area contributed by atoms with Gasteiger partial charge >= 0.3 is 0 Å². The van der Waals surface area contributed by atoms with Crippen molar-refractivity contribution in [2.45, 2.75) is 37.7 Å². The summed E-state index contributed by atoms with van der Waals surface area (Å²) < 4.78 is 27.8. The third-order valence-corrected chi connectivity index (χ3v) is 6.98. The molecule has 5 N–H and O–H groups in total. The Morgan fingerprint density at radius 1 is 1.00 bits per heavy atom. The molecule has 1 fully saturated rings. The number of nitrogens with two attached hydrogens (primary N) is 1. The zero-order valence-corrected chi connectivity index (χ0v) is 20.8. The quantitative estimate of drug-likeness (QED) is 0.238. The van der Waals surface area contributed by atoms with Crippen molar-refractivity contribution in [2.75, 3.05) is 12.3 Å². The van der Waals surface area contributed by atoms with Crippen molar-refractivity contribution in [3.8, 4) is 5.75 Å². The van der Waals surface area contributed by atoms with Gasteiger partial charge in [-0.15, -0.1) is 0 Å². The highest BCUT2D eigenvalue weighted by Crippen LogP contribution is 2.33. The van der Waals surface area contributed by atoms with E-state index in [1.54, 1.807) is 22.8 Å². The molecule has 4 atom stereocenters. The second kappa shape index (κ2) is 10.5. The molecule has 1 aliphatic rings. The van der Waals surface area contributed by atoms with E-state index in [2.05, 4.69) is 20.3 Å². The van der Waals surface area contributed by atoms with Gasteiger partial charge in [-0.05, 0) is 22.9 Å². The molecule has 0 saturated carbocycles. The lowest BCUT2D eigenvalue weighted by atomic mass is 10.0. The van der Waals surface area contributed by atoms with Gasteiger partial charge in [-0.2, -0.15) is 0 Å². The number of aliphatic hydroxyl groups is 2. The predicted octanol–water partition coefficient (Wildman–Crippen LogP) is 2.69. The molecule has 5 aromatic rings. The molecule has 39 heavy (non-hydrogen) atoms. The first-order valence-corrected chi connectivity index (χ1v) is 12.5. The lowest BCUT2D eigenvalue weighted by Crippen LogP contribution is -2.37. The number of hydrogen-bond acceptors (Lipinski definition) is 9. The van der Waals surface area contributed by atoms with Crippen LogP contribution in [-0.2, 0) is 17.9 Å². The number of aromatic nitrogens is 4. The van der Waals surface area contributed by atoms with E-state index in [0.717, 1.165) is 16.3 Å². The van der Waals surface area contributed by atoms with Crippen molar-refractivity contribution in [3.05, 3.63) is 90.3 Å². The standard InChI is InChI=1S/C28H27FN6O4/c29-20-8-4-2-6-17(20)13-38-21-10-9-16-5-1-3-7-18(16)19(21)11-31-12-22-24(36)25(37)28(39-22)35-15-34-23-26(30)32-14-33-27(23)35/h1-10,14-15,22,24-25,28,31,36-37H,11-13H2,(H2,30,32,33)/t22-,24-,25-,28-/m1/s1. The van der Waals surface area contributed by atoms with Gasteiger partial charge in [-0.1, -0.05) is 48.5 Å². The van der Waals surface area contributed by atoms with Gasteiger partial charge in [0.15, 0.2) is 17.7 Å². The van der Waals surface area contributed by atoms with Crippen LogP contribution in [0.2, 0.25) is 0 Å². The molecule has 11 heteroatoms. The van der Waals surface area contributed by atoms with E-state index < -0.39 is 24.5 Å². The molecule has 10 nitrogen and oxygen atoms in total. The van der Waals surface area contributed by atoms with Crippen LogP contribution in [0.3, 0.4) is 0 Å². The highest BCUT2D eigenvalue weighted by atomic mass is 19.1. The Morgan fingerprint density at radius 2 is 1.82 bits per heavy atom. The molecule has 3 aromatic carbocycles. The number of ether oxygens (including phenoxy) is 2. The number of benzene rings is 3. The van der Waals surface area contributed by atoms with Crippen molar-refractivity contribution in [3.63, 3.8) is 0 Å². The molecule has 2 aromatic heterocycles. The fourth-order valence-electron chi connectivity index (χ4n) is 4.93. The summed E-state index contributed by atoms with van der Waals surface area (Å²) in [5, 5.41) is 26.9. The monoisotopic (exact) mass is 530 g/mol. The largest absolute Gasteiger partial charge is 0.488 e. The summed E-state index contributed by atoms with van der Waals surface area (Å²) in [4.78, 5) is 12.3. The number of rotatable bonds is 8. The van der Waals surface area contributed by atoms with Crippen molar-refractivity contribution in [1.29, 1.82) is 0 Å². The SMILES string of the molecule is Nc1ncnc2c1ncn2[C@@H]1O[C@H](CNCc2c(OCc3ccccc3F)ccc3ccccc23)[C@@H](O)[C@H]1O. The van der Waals surface area contributed by atoms with Crippen molar-refractivity contribution < 1.29 is 24.1 Å². The van der Waals surface area contributed by atoms with E-state index in [-0.39, 0.29) is 24.8 Å². The van der Waals surface area contributed by atoms with Crippen LogP contribution in [-0.4, -0.2) is 54.6 Å². The summed E-state index contributed by atoms with van der Waals surface area (Å²) >= 11 is 0. The Kier molecular flexibility index (Phi) is 6.79. The smallest absolute Gasteiger partial charge is 0.167 e. The Bertz CT molecular complexity index is 1630. The molecule has 0 unspecified atom stereocenters. The van der Waals surface area contributed by atoms with Gasteiger partial charge in [0.25, 0.3) is 0 Å². The van der Waals surface area contributed by atoms with Gasteiger partial charge in [0.1, 0.15) is 48.3 Å². The third kappa shape index (κ3) is 4.77. The number of hydrogen-bond donors (Lipinski definition) is 4. The lowest BCUT2D eigenvalue weighted by Gasteiger charge is -2.18. The van der Waals surface area contributed by atoms with Crippen molar-refractivity contribution in [1.82, 2.24) is 24.8 Å². The zero-order chi connectivity index (χ0) is 26.9. The van der Waals surface area contributed by atoms with Gasteiger partial charge < -0.3 is 30.7 Å². The van der Waals surface area contributed by atoms with E-state index in [9.17, 15) is 14.6 Å². The third-order valence-electron chi connectivity index (χ3n) is 6.98. The highest BCUT2D eigenvalue weighted by molar-refractivity contribution is 5.87. The summed E-state index contributed by atoms with van der Waals surface area (Å²) in [6.45, 7) is 0.719. The lowest BCUT2D eigenvalue weighted by molar-refractivity contribution is -0.0342. The topological polar surface area (TPSA) is 141 Å². The first-order valence-electron chi connectivity index (χ1n) is 12.5. The molecule has 200 valence electrons. The van der Waals surface area contributed by atoms with Crippen LogP contribution in [0.15, 0.2) is 73.3 Å². The zero-order valence-electron chi connectivity index (χ0n) is 20.8. The Hall–Kier alpha value is -4.16. The van der Waals surface area contributed by atoms with E-state index in [1.807, 2.05) is 36.4 Å².